The molecule has 1 N–H and O–H groups in total. The predicted octanol–water partition coefficient (Wildman–Crippen LogP) is 2.84. The van der Waals surface area contributed by atoms with Crippen LogP contribution in [-0.2, 0) is 16.1 Å². The third kappa shape index (κ3) is 4.59. The minimum Gasteiger partial charge on any atom is -0.497 e. The summed E-state index contributed by atoms with van der Waals surface area (Å²) in [6.07, 6.45) is 4.27. The van der Waals surface area contributed by atoms with Crippen LogP contribution < -0.4 is 10.1 Å². The van der Waals surface area contributed by atoms with Crippen LogP contribution >= 0.6 is 0 Å². The Morgan fingerprint density at radius 3 is 2.86 bits per heavy atom. The average molecular weight is 402 g/mol. The maximum absolute atomic E-state index is 14.1. The first kappa shape index (κ1) is 19.8. The number of benzene rings is 1. The second-order valence-corrected chi connectivity index (χ2v) is 7.68. The molecule has 1 aromatic heterocycles. The summed E-state index contributed by atoms with van der Waals surface area (Å²) >= 11 is 0. The van der Waals surface area contributed by atoms with Gasteiger partial charge < -0.3 is 14.8 Å². The standard InChI is InChI=1S/C21H27FN4O3/c1-28-18-2-3-19(22)16(12-18)13-25-9-5-17(6-10-25)26-20(4-8-23-26)24-21(27)15-7-11-29-14-15/h2-4,8,12,15,17H,5-7,9-11,13-14H2,1H3,(H,24,27)/t15-/m0/s1. The van der Waals surface area contributed by atoms with E-state index in [2.05, 4.69) is 15.3 Å². The van der Waals surface area contributed by atoms with Crippen molar-refractivity contribution in [3.05, 3.63) is 41.8 Å². The van der Waals surface area contributed by atoms with Crippen LogP contribution in [0.5, 0.6) is 5.75 Å². The topological polar surface area (TPSA) is 68.6 Å². The number of hydrogen-bond donors (Lipinski definition) is 1. The summed E-state index contributed by atoms with van der Waals surface area (Å²) in [5.41, 5.74) is 0.647. The molecule has 3 heterocycles. The van der Waals surface area contributed by atoms with Gasteiger partial charge in [-0.2, -0.15) is 5.10 Å². The molecule has 0 aliphatic carbocycles. The number of ether oxygens (including phenoxy) is 2. The van der Waals surface area contributed by atoms with Crippen molar-refractivity contribution < 1.29 is 18.7 Å². The number of nitrogens with zero attached hydrogens (tertiary/aromatic N) is 3. The van der Waals surface area contributed by atoms with Gasteiger partial charge in [-0.15, -0.1) is 0 Å². The number of carbonyl (C=O) groups excluding carboxylic acids is 1. The Kier molecular flexibility index (Phi) is 6.10. The van der Waals surface area contributed by atoms with Gasteiger partial charge in [-0.1, -0.05) is 0 Å². The minimum atomic E-state index is -0.208. The number of hydrogen-bond acceptors (Lipinski definition) is 5. The summed E-state index contributed by atoms with van der Waals surface area (Å²) in [5.74, 6) is 1.11. The van der Waals surface area contributed by atoms with Crippen molar-refractivity contribution in [1.29, 1.82) is 0 Å². The van der Waals surface area contributed by atoms with Gasteiger partial charge in [0, 0.05) is 37.9 Å². The molecule has 29 heavy (non-hydrogen) atoms. The number of methoxy groups -OCH3 is 1. The number of carbonyl (C=O) groups is 1. The molecule has 7 nitrogen and oxygen atoms in total. The Bertz CT molecular complexity index is 842. The highest BCUT2D eigenvalue weighted by atomic mass is 19.1. The first-order valence-corrected chi connectivity index (χ1v) is 10.1. The molecule has 1 aromatic carbocycles. The Hall–Kier alpha value is -2.45. The van der Waals surface area contributed by atoms with Crippen molar-refractivity contribution in [2.45, 2.75) is 31.8 Å². The maximum atomic E-state index is 14.1. The van der Waals surface area contributed by atoms with Gasteiger partial charge >= 0.3 is 0 Å². The Morgan fingerprint density at radius 1 is 1.31 bits per heavy atom. The van der Waals surface area contributed by atoms with Crippen LogP contribution in [0, 0.1) is 11.7 Å². The molecule has 2 fully saturated rings. The number of anilines is 1. The van der Waals surface area contributed by atoms with Crippen LogP contribution in [0.25, 0.3) is 0 Å². The zero-order valence-corrected chi connectivity index (χ0v) is 16.6. The van der Waals surface area contributed by atoms with Crippen molar-refractivity contribution in [3.8, 4) is 5.75 Å². The molecule has 2 aromatic rings. The zero-order valence-electron chi connectivity index (χ0n) is 16.6. The van der Waals surface area contributed by atoms with E-state index in [9.17, 15) is 9.18 Å². The van der Waals surface area contributed by atoms with Gasteiger partial charge in [0.25, 0.3) is 0 Å². The van der Waals surface area contributed by atoms with E-state index in [4.69, 9.17) is 9.47 Å². The van der Waals surface area contributed by atoms with Crippen LogP contribution in [-0.4, -0.2) is 54.0 Å². The minimum absolute atomic E-state index is 0.00446. The van der Waals surface area contributed by atoms with Gasteiger partial charge in [-0.05, 0) is 37.5 Å². The van der Waals surface area contributed by atoms with Crippen LogP contribution in [0.1, 0.15) is 30.9 Å². The van der Waals surface area contributed by atoms with Crippen LogP contribution in [0.15, 0.2) is 30.5 Å². The zero-order chi connectivity index (χ0) is 20.2. The first-order chi connectivity index (χ1) is 14.1. The summed E-state index contributed by atoms with van der Waals surface area (Å²) in [4.78, 5) is 14.6. The molecular formula is C21H27FN4O3. The van der Waals surface area contributed by atoms with E-state index in [0.717, 1.165) is 38.2 Å². The van der Waals surface area contributed by atoms with Crippen molar-refractivity contribution in [1.82, 2.24) is 14.7 Å². The van der Waals surface area contributed by atoms with Crippen molar-refractivity contribution in [2.24, 2.45) is 5.92 Å². The van der Waals surface area contributed by atoms with Crippen molar-refractivity contribution in [3.63, 3.8) is 0 Å². The van der Waals surface area contributed by atoms with E-state index in [1.807, 2.05) is 10.7 Å². The van der Waals surface area contributed by atoms with Crippen molar-refractivity contribution >= 4 is 11.7 Å². The Morgan fingerprint density at radius 2 is 2.14 bits per heavy atom. The van der Waals surface area contributed by atoms with Crippen LogP contribution in [0.4, 0.5) is 10.2 Å². The van der Waals surface area contributed by atoms with Crippen LogP contribution in [0.2, 0.25) is 0 Å². The Balaban J connectivity index is 1.34. The molecule has 156 valence electrons. The SMILES string of the molecule is COc1ccc(F)c(CN2CCC(n3nccc3NC(=O)[C@H]3CCOC3)CC2)c1. The largest absolute Gasteiger partial charge is 0.497 e. The molecule has 0 spiro atoms. The summed E-state index contributed by atoms with van der Waals surface area (Å²) in [6, 6.07) is 6.90. The quantitative estimate of drug-likeness (QED) is 0.805. The van der Waals surface area contributed by atoms with Crippen molar-refractivity contribution in [2.75, 3.05) is 38.7 Å². The second kappa shape index (κ2) is 8.92. The number of halogens is 1. The number of likely N-dealkylation sites (tertiary alicyclic amines) is 1. The number of amides is 1. The lowest BCUT2D eigenvalue weighted by atomic mass is 10.0. The molecule has 2 saturated heterocycles. The van der Waals surface area contributed by atoms with Gasteiger partial charge in [0.1, 0.15) is 17.4 Å². The van der Waals surface area contributed by atoms with Gasteiger partial charge in [0.15, 0.2) is 0 Å². The maximum Gasteiger partial charge on any atom is 0.231 e. The average Bonchev–Trinajstić information content (AvgIpc) is 3.42. The third-order valence-electron chi connectivity index (χ3n) is 5.77. The molecule has 0 saturated carbocycles. The smallest absolute Gasteiger partial charge is 0.231 e. The number of aromatic nitrogens is 2. The monoisotopic (exact) mass is 402 g/mol. The molecule has 2 aliphatic heterocycles. The molecule has 1 amide bonds. The van der Waals surface area contributed by atoms with Gasteiger partial charge in [0.2, 0.25) is 5.91 Å². The second-order valence-electron chi connectivity index (χ2n) is 7.68. The van der Waals surface area contributed by atoms with Gasteiger partial charge in [-0.3, -0.25) is 9.69 Å². The van der Waals surface area contributed by atoms with E-state index in [0.29, 0.717) is 31.1 Å². The lowest BCUT2D eigenvalue weighted by Gasteiger charge is -2.32. The molecule has 2 aliphatic rings. The fourth-order valence-electron chi connectivity index (χ4n) is 4.04. The van der Waals surface area contributed by atoms with E-state index in [1.54, 1.807) is 25.4 Å². The lowest BCUT2D eigenvalue weighted by Crippen LogP contribution is -2.35. The van der Waals surface area contributed by atoms with E-state index in [-0.39, 0.29) is 23.7 Å². The van der Waals surface area contributed by atoms with E-state index >= 15 is 0 Å². The van der Waals surface area contributed by atoms with Crippen LogP contribution in [0.3, 0.4) is 0 Å². The molecule has 8 heteroatoms. The summed E-state index contributed by atoms with van der Waals surface area (Å²) in [5, 5.41) is 7.45. The van der Waals surface area contributed by atoms with E-state index in [1.165, 1.54) is 6.07 Å². The normalized spacial score (nSPS) is 20.7. The third-order valence-corrected chi connectivity index (χ3v) is 5.77. The first-order valence-electron chi connectivity index (χ1n) is 10.1. The highest BCUT2D eigenvalue weighted by Crippen LogP contribution is 2.28. The summed E-state index contributed by atoms with van der Waals surface area (Å²) < 4.78 is 26.5. The summed E-state index contributed by atoms with van der Waals surface area (Å²) in [6.45, 7) is 3.36. The van der Waals surface area contributed by atoms with Gasteiger partial charge in [0.05, 0.1) is 31.9 Å². The molecule has 4 rings (SSSR count). The number of rotatable bonds is 6. The predicted molar refractivity (Wildman–Crippen MR) is 106 cm³/mol. The highest BCUT2D eigenvalue weighted by Gasteiger charge is 2.27. The number of nitrogens with one attached hydrogen (secondary N) is 1. The lowest BCUT2D eigenvalue weighted by molar-refractivity contribution is -0.119. The molecule has 0 radical (unpaired) electrons. The van der Waals surface area contributed by atoms with E-state index < -0.39 is 0 Å². The summed E-state index contributed by atoms with van der Waals surface area (Å²) in [7, 11) is 1.59. The molecular weight excluding hydrogens is 375 g/mol. The highest BCUT2D eigenvalue weighted by molar-refractivity contribution is 5.92. The molecule has 1 atom stereocenters. The van der Waals surface area contributed by atoms with Gasteiger partial charge in [-0.25, -0.2) is 9.07 Å². The number of piperidine rings is 1. The fourth-order valence-corrected chi connectivity index (χ4v) is 4.04. The fraction of sp³-hybridized carbons (Fsp3) is 0.524. The Labute approximate surface area is 169 Å². The molecule has 0 unspecified atom stereocenters. The molecule has 0 bridgehead atoms.